The maximum absolute atomic E-state index is 13.4. The lowest BCUT2D eigenvalue weighted by Crippen LogP contribution is -2.81. The third-order valence-electron chi connectivity index (χ3n) is 5.50. The van der Waals surface area contributed by atoms with Crippen LogP contribution < -0.4 is 4.90 Å². The summed E-state index contributed by atoms with van der Waals surface area (Å²) in [5.41, 5.74) is 0.0123. The van der Waals surface area contributed by atoms with Crippen LogP contribution >= 0.6 is 23.2 Å². The van der Waals surface area contributed by atoms with Gasteiger partial charge in [0.15, 0.2) is 5.54 Å². The van der Waals surface area contributed by atoms with Gasteiger partial charge in [-0.25, -0.2) is 9.97 Å². The van der Waals surface area contributed by atoms with Gasteiger partial charge in [0.05, 0.1) is 25.5 Å². The minimum atomic E-state index is -0.916. The molecule has 0 radical (unpaired) electrons. The SMILES string of the molecule is CC(C)N1CC(=O)N(Cc2ccc(Cl)cc2)C2(CN(c3cnc(Cl)cn3)C2)C1=O. The molecule has 1 aromatic heterocycles. The summed E-state index contributed by atoms with van der Waals surface area (Å²) in [5.74, 6) is 0.544. The molecule has 2 fully saturated rings. The van der Waals surface area contributed by atoms with Gasteiger partial charge in [-0.15, -0.1) is 0 Å². The number of carbonyl (C=O) groups excluding carboxylic acids is 2. The Morgan fingerprint density at radius 3 is 2.34 bits per heavy atom. The van der Waals surface area contributed by atoms with E-state index in [1.54, 1.807) is 28.1 Å². The van der Waals surface area contributed by atoms with Gasteiger partial charge in [-0.1, -0.05) is 35.3 Å². The van der Waals surface area contributed by atoms with Crippen molar-refractivity contribution in [3.8, 4) is 0 Å². The second kappa shape index (κ2) is 7.46. The fourth-order valence-corrected chi connectivity index (χ4v) is 4.10. The van der Waals surface area contributed by atoms with E-state index < -0.39 is 5.54 Å². The summed E-state index contributed by atoms with van der Waals surface area (Å²) in [5, 5.41) is 0.940. The summed E-state index contributed by atoms with van der Waals surface area (Å²) < 4.78 is 0. The average Bonchev–Trinajstić information content (AvgIpc) is 2.65. The van der Waals surface area contributed by atoms with Crippen LogP contribution in [0.4, 0.5) is 5.82 Å². The van der Waals surface area contributed by atoms with E-state index in [0.717, 1.165) is 5.56 Å². The number of benzene rings is 1. The van der Waals surface area contributed by atoms with E-state index in [-0.39, 0.29) is 24.4 Å². The summed E-state index contributed by atoms with van der Waals surface area (Å²) in [6.07, 6.45) is 3.05. The molecule has 2 aliphatic rings. The van der Waals surface area contributed by atoms with Crippen molar-refractivity contribution in [2.75, 3.05) is 24.5 Å². The van der Waals surface area contributed by atoms with Gasteiger partial charge in [-0.3, -0.25) is 9.59 Å². The quantitative estimate of drug-likeness (QED) is 0.740. The molecule has 152 valence electrons. The Morgan fingerprint density at radius 1 is 1.07 bits per heavy atom. The van der Waals surface area contributed by atoms with E-state index in [9.17, 15) is 9.59 Å². The Labute approximate surface area is 179 Å². The fourth-order valence-electron chi connectivity index (χ4n) is 3.88. The molecule has 2 aliphatic heterocycles. The van der Waals surface area contributed by atoms with E-state index in [2.05, 4.69) is 9.97 Å². The minimum Gasteiger partial charge on any atom is -0.349 e. The molecule has 7 nitrogen and oxygen atoms in total. The second-order valence-electron chi connectivity index (χ2n) is 7.72. The second-order valence-corrected chi connectivity index (χ2v) is 8.54. The van der Waals surface area contributed by atoms with Crippen molar-refractivity contribution in [3.05, 3.63) is 52.4 Å². The molecule has 2 amide bonds. The van der Waals surface area contributed by atoms with Crippen molar-refractivity contribution >= 4 is 40.8 Å². The zero-order valence-corrected chi connectivity index (χ0v) is 17.7. The van der Waals surface area contributed by atoms with Gasteiger partial charge in [0.1, 0.15) is 17.5 Å². The Kier molecular flexibility index (Phi) is 5.12. The molecular formula is C20H21Cl2N5O2. The number of aromatic nitrogens is 2. The van der Waals surface area contributed by atoms with Crippen molar-refractivity contribution in [1.82, 2.24) is 19.8 Å². The van der Waals surface area contributed by atoms with Gasteiger partial charge < -0.3 is 14.7 Å². The minimum absolute atomic E-state index is 0.0285. The molecule has 0 aliphatic carbocycles. The van der Waals surface area contributed by atoms with Crippen molar-refractivity contribution < 1.29 is 9.59 Å². The van der Waals surface area contributed by atoms with Crippen LogP contribution in [-0.2, 0) is 16.1 Å². The molecule has 0 unspecified atom stereocenters. The van der Waals surface area contributed by atoms with Gasteiger partial charge in [0.25, 0.3) is 5.91 Å². The third-order valence-corrected chi connectivity index (χ3v) is 5.94. The van der Waals surface area contributed by atoms with Gasteiger partial charge in [-0.05, 0) is 31.5 Å². The highest BCUT2D eigenvalue weighted by Gasteiger charge is 2.60. The van der Waals surface area contributed by atoms with Crippen molar-refractivity contribution in [2.24, 2.45) is 0 Å². The first-order valence-corrected chi connectivity index (χ1v) is 10.1. The number of hydrogen-bond donors (Lipinski definition) is 0. The fraction of sp³-hybridized carbons (Fsp3) is 0.400. The lowest BCUT2D eigenvalue weighted by molar-refractivity contribution is -0.170. The lowest BCUT2D eigenvalue weighted by Gasteiger charge is -2.58. The first-order chi connectivity index (χ1) is 13.8. The molecule has 1 aromatic carbocycles. The highest BCUT2D eigenvalue weighted by Crippen LogP contribution is 2.37. The van der Waals surface area contributed by atoms with Crippen molar-refractivity contribution in [3.63, 3.8) is 0 Å². The normalized spacial score (nSPS) is 18.6. The molecule has 1 spiro atoms. The summed E-state index contributed by atoms with van der Waals surface area (Å²) in [6.45, 7) is 5.03. The van der Waals surface area contributed by atoms with Gasteiger partial charge in [0.2, 0.25) is 5.91 Å². The predicted molar refractivity (Wildman–Crippen MR) is 111 cm³/mol. The van der Waals surface area contributed by atoms with Crippen LogP contribution in [0.2, 0.25) is 10.2 Å². The summed E-state index contributed by atoms with van der Waals surface area (Å²) in [4.78, 5) is 40.1. The Bertz CT molecular complexity index is 927. The summed E-state index contributed by atoms with van der Waals surface area (Å²) in [7, 11) is 0. The number of anilines is 1. The molecule has 0 bridgehead atoms. The maximum Gasteiger partial charge on any atom is 0.252 e. The van der Waals surface area contributed by atoms with Gasteiger partial charge >= 0.3 is 0 Å². The number of carbonyl (C=O) groups is 2. The largest absolute Gasteiger partial charge is 0.349 e. The van der Waals surface area contributed by atoms with E-state index >= 15 is 0 Å². The molecule has 2 aromatic rings. The monoisotopic (exact) mass is 433 g/mol. The first kappa shape index (κ1) is 19.9. The molecule has 29 heavy (non-hydrogen) atoms. The summed E-state index contributed by atoms with van der Waals surface area (Å²) >= 11 is 11.8. The van der Waals surface area contributed by atoms with Crippen LogP contribution in [0.1, 0.15) is 19.4 Å². The average molecular weight is 434 g/mol. The van der Waals surface area contributed by atoms with Gasteiger partial charge in [-0.2, -0.15) is 0 Å². The van der Waals surface area contributed by atoms with E-state index in [0.29, 0.717) is 35.6 Å². The standard InChI is InChI=1S/C20H21Cl2N5O2/c1-13(2)26-10-18(28)27(9-14-3-5-15(21)6-4-14)20(19(26)29)11-25(12-20)17-8-23-16(22)7-24-17/h3-8,13H,9-12H2,1-2H3. The van der Waals surface area contributed by atoms with Crippen LogP contribution in [-0.4, -0.2) is 62.8 Å². The maximum atomic E-state index is 13.4. The highest BCUT2D eigenvalue weighted by molar-refractivity contribution is 6.30. The molecule has 0 atom stereocenters. The number of piperazine rings is 1. The van der Waals surface area contributed by atoms with E-state index in [1.165, 1.54) is 6.20 Å². The van der Waals surface area contributed by atoms with Crippen LogP contribution in [0, 0.1) is 0 Å². The molecule has 9 heteroatoms. The topological polar surface area (TPSA) is 69.6 Å². The smallest absolute Gasteiger partial charge is 0.252 e. The number of rotatable bonds is 4. The third kappa shape index (κ3) is 3.53. The van der Waals surface area contributed by atoms with Gasteiger partial charge in [0, 0.05) is 17.6 Å². The number of hydrogen-bond acceptors (Lipinski definition) is 5. The van der Waals surface area contributed by atoms with E-state index in [1.807, 2.05) is 30.9 Å². The molecule has 3 heterocycles. The molecular weight excluding hydrogens is 413 g/mol. The molecule has 0 N–H and O–H groups in total. The number of halogens is 2. The zero-order chi connectivity index (χ0) is 20.8. The molecule has 0 saturated carbocycles. The van der Waals surface area contributed by atoms with Crippen molar-refractivity contribution in [2.45, 2.75) is 32.0 Å². The van der Waals surface area contributed by atoms with Crippen LogP contribution in [0.15, 0.2) is 36.7 Å². The van der Waals surface area contributed by atoms with Crippen molar-refractivity contribution in [1.29, 1.82) is 0 Å². The first-order valence-electron chi connectivity index (χ1n) is 9.38. The van der Waals surface area contributed by atoms with Crippen LogP contribution in [0.5, 0.6) is 0 Å². The molecule has 4 rings (SSSR count). The number of nitrogens with zero attached hydrogens (tertiary/aromatic N) is 5. The Morgan fingerprint density at radius 2 is 1.76 bits per heavy atom. The molecule has 2 saturated heterocycles. The summed E-state index contributed by atoms with van der Waals surface area (Å²) in [6, 6.07) is 7.28. The van der Waals surface area contributed by atoms with Crippen LogP contribution in [0.3, 0.4) is 0 Å². The highest BCUT2D eigenvalue weighted by atomic mass is 35.5. The predicted octanol–water partition coefficient (Wildman–Crippen LogP) is 2.62. The Balaban J connectivity index is 1.63. The Hall–Kier alpha value is -2.38. The zero-order valence-electron chi connectivity index (χ0n) is 16.2. The lowest BCUT2D eigenvalue weighted by atomic mass is 9.83. The van der Waals surface area contributed by atoms with Crippen LogP contribution in [0.25, 0.3) is 0 Å². The number of amides is 2. The van der Waals surface area contributed by atoms with E-state index in [4.69, 9.17) is 23.2 Å².